The monoisotopic (exact) mass is 308 g/mol. The maximum Gasteiger partial charge on any atom is 0.137 e. The fraction of sp³-hybridized carbons (Fsp3) is 0.214. The van der Waals surface area contributed by atoms with Crippen molar-refractivity contribution in [3.63, 3.8) is 0 Å². The maximum atomic E-state index is 13.4. The van der Waals surface area contributed by atoms with Crippen LogP contribution in [0.15, 0.2) is 41.0 Å². The first-order valence-electron chi connectivity index (χ1n) is 5.69. The molecule has 0 aliphatic rings. The Morgan fingerprint density at radius 2 is 2.11 bits per heavy atom. The number of nitrogens with zero attached hydrogens (tertiary/aromatic N) is 1. The molecule has 18 heavy (non-hydrogen) atoms. The van der Waals surface area contributed by atoms with Gasteiger partial charge in [0.05, 0.1) is 4.47 Å². The van der Waals surface area contributed by atoms with E-state index in [4.69, 9.17) is 5.73 Å². The van der Waals surface area contributed by atoms with Gasteiger partial charge in [0.2, 0.25) is 0 Å². The number of benzene rings is 1. The van der Waals surface area contributed by atoms with Crippen molar-refractivity contribution in [2.45, 2.75) is 19.4 Å². The highest BCUT2D eigenvalue weighted by Gasteiger charge is 2.11. The molecule has 1 aromatic heterocycles. The van der Waals surface area contributed by atoms with Crippen LogP contribution in [-0.4, -0.2) is 4.98 Å². The van der Waals surface area contributed by atoms with Gasteiger partial charge in [-0.3, -0.25) is 4.98 Å². The Morgan fingerprint density at radius 3 is 2.78 bits per heavy atom. The summed E-state index contributed by atoms with van der Waals surface area (Å²) in [6.07, 6.45) is 2.34. The van der Waals surface area contributed by atoms with Gasteiger partial charge in [0.25, 0.3) is 0 Å². The first-order chi connectivity index (χ1) is 8.58. The molecule has 0 bridgehead atoms. The van der Waals surface area contributed by atoms with Crippen molar-refractivity contribution in [2.24, 2.45) is 5.73 Å². The molecule has 0 saturated heterocycles. The Kier molecular flexibility index (Phi) is 4.09. The second kappa shape index (κ2) is 5.59. The zero-order valence-electron chi connectivity index (χ0n) is 10.0. The number of aryl methyl sites for hydroxylation is 1. The molecule has 0 amide bonds. The molecule has 94 valence electrons. The van der Waals surface area contributed by atoms with Crippen molar-refractivity contribution in [3.8, 4) is 0 Å². The Balaban J connectivity index is 2.18. The number of halogens is 2. The topological polar surface area (TPSA) is 38.9 Å². The predicted molar refractivity (Wildman–Crippen MR) is 73.7 cm³/mol. The van der Waals surface area contributed by atoms with Gasteiger partial charge < -0.3 is 5.73 Å². The number of nitrogens with two attached hydrogens (primary N) is 1. The molecule has 2 rings (SSSR count). The van der Waals surface area contributed by atoms with Gasteiger partial charge in [0, 0.05) is 17.9 Å². The third-order valence-electron chi connectivity index (χ3n) is 2.83. The van der Waals surface area contributed by atoms with E-state index in [1.807, 2.05) is 25.1 Å². The van der Waals surface area contributed by atoms with Crippen LogP contribution in [0.4, 0.5) is 4.39 Å². The Labute approximate surface area is 114 Å². The van der Waals surface area contributed by atoms with Crippen LogP contribution in [0.2, 0.25) is 0 Å². The molecular weight excluding hydrogens is 295 g/mol. The van der Waals surface area contributed by atoms with Gasteiger partial charge in [-0.25, -0.2) is 4.39 Å². The van der Waals surface area contributed by atoms with Crippen molar-refractivity contribution in [3.05, 3.63) is 63.6 Å². The summed E-state index contributed by atoms with van der Waals surface area (Å²) < 4.78 is 13.9. The average Bonchev–Trinajstić information content (AvgIpc) is 2.36. The van der Waals surface area contributed by atoms with Crippen molar-refractivity contribution < 1.29 is 4.39 Å². The van der Waals surface area contributed by atoms with E-state index in [1.165, 1.54) is 6.07 Å². The molecule has 2 aromatic rings. The van der Waals surface area contributed by atoms with Crippen LogP contribution in [0.5, 0.6) is 0 Å². The van der Waals surface area contributed by atoms with Gasteiger partial charge in [-0.15, -0.1) is 0 Å². The SMILES string of the molecule is Cc1ccc(C(N)Cc2cccc(F)c2Br)cn1. The first kappa shape index (κ1) is 13.2. The van der Waals surface area contributed by atoms with E-state index in [0.717, 1.165) is 16.8 Å². The standard InChI is InChI=1S/C14H14BrFN2/c1-9-5-6-11(8-18-9)13(17)7-10-3-2-4-12(16)14(10)15/h2-6,8,13H,7,17H2,1H3. The molecule has 2 nitrogen and oxygen atoms in total. The lowest BCUT2D eigenvalue weighted by Gasteiger charge is -2.13. The molecule has 2 N–H and O–H groups in total. The number of pyridine rings is 1. The highest BCUT2D eigenvalue weighted by atomic mass is 79.9. The van der Waals surface area contributed by atoms with E-state index < -0.39 is 0 Å². The lowest BCUT2D eigenvalue weighted by atomic mass is 10.0. The largest absolute Gasteiger partial charge is 0.324 e. The van der Waals surface area contributed by atoms with Crippen molar-refractivity contribution in [1.29, 1.82) is 0 Å². The van der Waals surface area contributed by atoms with Gasteiger partial charge in [0.15, 0.2) is 0 Å². The van der Waals surface area contributed by atoms with Crippen LogP contribution in [0.3, 0.4) is 0 Å². The highest BCUT2D eigenvalue weighted by molar-refractivity contribution is 9.10. The highest BCUT2D eigenvalue weighted by Crippen LogP contribution is 2.24. The summed E-state index contributed by atoms with van der Waals surface area (Å²) in [7, 11) is 0. The van der Waals surface area contributed by atoms with Crippen molar-refractivity contribution in [1.82, 2.24) is 4.98 Å². The zero-order valence-corrected chi connectivity index (χ0v) is 11.6. The fourth-order valence-corrected chi connectivity index (χ4v) is 2.19. The van der Waals surface area contributed by atoms with Gasteiger partial charge in [0.1, 0.15) is 5.82 Å². The molecule has 1 atom stereocenters. The second-order valence-electron chi connectivity index (χ2n) is 4.26. The zero-order chi connectivity index (χ0) is 13.1. The third-order valence-corrected chi connectivity index (χ3v) is 3.72. The molecule has 0 saturated carbocycles. The minimum absolute atomic E-state index is 0.184. The molecule has 0 aliphatic heterocycles. The second-order valence-corrected chi connectivity index (χ2v) is 5.05. The lowest BCUT2D eigenvalue weighted by molar-refractivity contribution is 0.614. The number of hydrogen-bond acceptors (Lipinski definition) is 2. The average molecular weight is 309 g/mol. The lowest BCUT2D eigenvalue weighted by Crippen LogP contribution is -2.14. The Bertz CT molecular complexity index is 540. The fourth-order valence-electron chi connectivity index (χ4n) is 1.76. The molecule has 1 aromatic carbocycles. The molecule has 0 radical (unpaired) electrons. The van der Waals surface area contributed by atoms with Crippen LogP contribution in [0.1, 0.15) is 22.9 Å². The number of hydrogen-bond donors (Lipinski definition) is 1. The summed E-state index contributed by atoms with van der Waals surface area (Å²) in [6.45, 7) is 1.93. The normalized spacial score (nSPS) is 12.4. The van der Waals surface area contributed by atoms with E-state index in [1.54, 1.807) is 12.3 Å². The van der Waals surface area contributed by atoms with Crippen LogP contribution >= 0.6 is 15.9 Å². The Morgan fingerprint density at radius 1 is 1.33 bits per heavy atom. The predicted octanol–water partition coefficient (Wildman–Crippen LogP) is 3.53. The van der Waals surface area contributed by atoms with Crippen molar-refractivity contribution in [2.75, 3.05) is 0 Å². The molecule has 0 aliphatic carbocycles. The summed E-state index contributed by atoms with van der Waals surface area (Å²) in [5.41, 5.74) is 8.89. The smallest absolute Gasteiger partial charge is 0.137 e. The first-order valence-corrected chi connectivity index (χ1v) is 6.48. The minimum atomic E-state index is -0.262. The van der Waals surface area contributed by atoms with Gasteiger partial charge in [-0.2, -0.15) is 0 Å². The summed E-state index contributed by atoms with van der Waals surface area (Å²) in [5.74, 6) is -0.262. The summed E-state index contributed by atoms with van der Waals surface area (Å²) in [5, 5.41) is 0. The van der Waals surface area contributed by atoms with Crippen molar-refractivity contribution >= 4 is 15.9 Å². The number of aromatic nitrogens is 1. The van der Waals surface area contributed by atoms with Crippen LogP contribution in [-0.2, 0) is 6.42 Å². The van der Waals surface area contributed by atoms with Gasteiger partial charge in [-0.1, -0.05) is 18.2 Å². The molecule has 4 heteroatoms. The summed E-state index contributed by atoms with van der Waals surface area (Å²) in [6, 6.07) is 8.68. The quantitative estimate of drug-likeness (QED) is 0.942. The van der Waals surface area contributed by atoms with Crippen LogP contribution in [0, 0.1) is 12.7 Å². The van der Waals surface area contributed by atoms with E-state index in [0.29, 0.717) is 10.9 Å². The van der Waals surface area contributed by atoms with E-state index >= 15 is 0 Å². The third kappa shape index (κ3) is 2.94. The molecular formula is C14H14BrFN2. The minimum Gasteiger partial charge on any atom is -0.324 e. The van der Waals surface area contributed by atoms with Crippen LogP contribution in [0.25, 0.3) is 0 Å². The number of rotatable bonds is 3. The molecule has 1 unspecified atom stereocenters. The molecule has 1 heterocycles. The van der Waals surface area contributed by atoms with E-state index in [9.17, 15) is 4.39 Å². The van der Waals surface area contributed by atoms with Gasteiger partial charge in [-0.05, 0) is 52.5 Å². The van der Waals surface area contributed by atoms with Crippen LogP contribution < -0.4 is 5.73 Å². The maximum absolute atomic E-state index is 13.4. The molecule has 0 spiro atoms. The van der Waals surface area contributed by atoms with E-state index in [-0.39, 0.29) is 11.9 Å². The molecule has 0 fully saturated rings. The van der Waals surface area contributed by atoms with Gasteiger partial charge >= 0.3 is 0 Å². The Hall–Kier alpha value is -1.26. The van der Waals surface area contributed by atoms with E-state index in [2.05, 4.69) is 20.9 Å². The summed E-state index contributed by atoms with van der Waals surface area (Å²) >= 11 is 3.25. The summed E-state index contributed by atoms with van der Waals surface area (Å²) in [4.78, 5) is 4.22.